The van der Waals surface area contributed by atoms with E-state index in [-0.39, 0.29) is 21.1 Å². The molecule has 0 aliphatic carbocycles. The van der Waals surface area contributed by atoms with Gasteiger partial charge in [0.05, 0.1) is 0 Å². The van der Waals surface area contributed by atoms with E-state index in [4.69, 9.17) is 0 Å². The molecule has 2 rings (SSSR count). The van der Waals surface area contributed by atoms with Crippen LogP contribution in [-0.2, 0) is 0 Å². The van der Waals surface area contributed by atoms with Crippen molar-refractivity contribution in [2.75, 3.05) is 0 Å². The summed E-state index contributed by atoms with van der Waals surface area (Å²) in [5, 5.41) is 9.91. The molecule has 3 heteroatoms. The van der Waals surface area contributed by atoms with E-state index in [0.717, 1.165) is 0 Å². The Morgan fingerprint density at radius 1 is 0.947 bits per heavy atom. The van der Waals surface area contributed by atoms with Crippen LogP contribution < -0.4 is 8.92 Å². The molecule has 0 aliphatic rings. The van der Waals surface area contributed by atoms with E-state index >= 15 is 0 Å². The molecule has 0 fully saturated rings. The van der Waals surface area contributed by atoms with Crippen molar-refractivity contribution in [1.82, 2.24) is 0 Å². The van der Waals surface area contributed by atoms with Gasteiger partial charge in [0.15, 0.2) is 0 Å². The standard InChI is InChI=1S/C16H16OSe2/c1-13(17)16(19-15-10-6-3-7-11-15)12-18-14-8-4-2-5-9-14/h2-13,17H,1H3/b16-12+. The van der Waals surface area contributed by atoms with Gasteiger partial charge in [0.1, 0.15) is 0 Å². The minimum absolute atomic E-state index is 0.214. The zero-order valence-electron chi connectivity index (χ0n) is 10.7. The first-order chi connectivity index (χ1) is 9.25. The molecule has 2 aromatic rings. The summed E-state index contributed by atoms with van der Waals surface area (Å²) in [6.45, 7) is 1.86. The van der Waals surface area contributed by atoms with E-state index in [1.54, 1.807) is 0 Å². The summed E-state index contributed by atoms with van der Waals surface area (Å²) in [6, 6.07) is 20.9. The van der Waals surface area contributed by atoms with Crippen LogP contribution in [-0.4, -0.2) is 41.1 Å². The Hall–Kier alpha value is -0.821. The van der Waals surface area contributed by atoms with Crippen molar-refractivity contribution < 1.29 is 5.11 Å². The summed E-state index contributed by atoms with van der Waals surface area (Å²) < 4.78 is 3.82. The van der Waals surface area contributed by atoms with Gasteiger partial charge in [0.25, 0.3) is 0 Å². The van der Waals surface area contributed by atoms with E-state index in [1.807, 2.05) is 19.1 Å². The number of aliphatic hydroxyl groups excluding tert-OH is 1. The summed E-state index contributed by atoms with van der Waals surface area (Å²) in [6.07, 6.45) is -0.356. The van der Waals surface area contributed by atoms with Gasteiger partial charge in [-0.15, -0.1) is 0 Å². The second kappa shape index (κ2) is 7.69. The van der Waals surface area contributed by atoms with Crippen molar-refractivity contribution in [1.29, 1.82) is 0 Å². The number of hydrogen-bond acceptors (Lipinski definition) is 1. The van der Waals surface area contributed by atoms with Gasteiger partial charge < -0.3 is 0 Å². The fourth-order valence-corrected chi connectivity index (χ4v) is 5.75. The second-order valence-electron chi connectivity index (χ2n) is 4.04. The van der Waals surface area contributed by atoms with E-state index in [0.29, 0.717) is 15.0 Å². The van der Waals surface area contributed by atoms with Crippen molar-refractivity contribution in [2.24, 2.45) is 0 Å². The van der Waals surface area contributed by atoms with E-state index in [9.17, 15) is 5.11 Å². The monoisotopic (exact) mass is 384 g/mol. The number of aliphatic hydroxyl groups is 1. The molecule has 0 radical (unpaired) electrons. The minimum atomic E-state index is -0.356. The quantitative estimate of drug-likeness (QED) is 0.773. The normalized spacial score (nSPS) is 13.3. The maximum absolute atomic E-state index is 9.91. The molecule has 0 amide bonds. The van der Waals surface area contributed by atoms with Crippen LogP contribution >= 0.6 is 0 Å². The predicted molar refractivity (Wildman–Crippen MR) is 83.4 cm³/mol. The maximum atomic E-state index is 9.91. The number of rotatable bonds is 5. The molecule has 0 bridgehead atoms. The molecule has 0 aromatic heterocycles. The topological polar surface area (TPSA) is 20.2 Å². The first kappa shape index (κ1) is 14.6. The summed E-state index contributed by atoms with van der Waals surface area (Å²) in [4.78, 5) is 2.24. The first-order valence-corrected chi connectivity index (χ1v) is 9.64. The number of hydrogen-bond donors (Lipinski definition) is 1. The van der Waals surface area contributed by atoms with Crippen molar-refractivity contribution in [3.8, 4) is 0 Å². The molecule has 0 saturated carbocycles. The van der Waals surface area contributed by atoms with E-state index in [1.165, 1.54) is 13.4 Å². The van der Waals surface area contributed by atoms with Crippen molar-refractivity contribution in [3.63, 3.8) is 0 Å². The van der Waals surface area contributed by atoms with Crippen LogP contribution in [0.1, 0.15) is 6.92 Å². The third-order valence-corrected chi connectivity index (χ3v) is 7.65. The van der Waals surface area contributed by atoms with Crippen LogP contribution in [0.4, 0.5) is 0 Å². The summed E-state index contributed by atoms with van der Waals surface area (Å²) in [5.41, 5.74) is 0. The summed E-state index contributed by atoms with van der Waals surface area (Å²) >= 11 is 0.510. The van der Waals surface area contributed by atoms with Crippen LogP contribution in [0, 0.1) is 0 Å². The van der Waals surface area contributed by atoms with Crippen LogP contribution in [0.15, 0.2) is 70.1 Å². The Kier molecular flexibility index (Phi) is 5.90. The molecule has 0 saturated heterocycles. The fourth-order valence-electron chi connectivity index (χ4n) is 1.46. The summed E-state index contributed by atoms with van der Waals surface area (Å²) in [7, 11) is 0. The van der Waals surface area contributed by atoms with Crippen LogP contribution in [0.3, 0.4) is 0 Å². The molecule has 1 nitrogen and oxygen atoms in total. The van der Waals surface area contributed by atoms with Gasteiger partial charge in [-0.25, -0.2) is 0 Å². The van der Waals surface area contributed by atoms with Crippen LogP contribution in [0.2, 0.25) is 0 Å². The summed E-state index contributed by atoms with van der Waals surface area (Å²) in [5.74, 6) is 0. The molecule has 2 aromatic carbocycles. The molecular weight excluding hydrogens is 366 g/mol. The van der Waals surface area contributed by atoms with E-state index in [2.05, 4.69) is 53.5 Å². The van der Waals surface area contributed by atoms with Crippen molar-refractivity contribution in [3.05, 3.63) is 70.1 Å². The van der Waals surface area contributed by atoms with Gasteiger partial charge in [0, 0.05) is 0 Å². The third-order valence-electron chi connectivity index (χ3n) is 2.45. The van der Waals surface area contributed by atoms with Gasteiger partial charge in [-0.3, -0.25) is 0 Å². The fraction of sp³-hybridized carbons (Fsp3) is 0.125. The third kappa shape index (κ3) is 4.98. The van der Waals surface area contributed by atoms with Gasteiger partial charge in [-0.1, -0.05) is 0 Å². The van der Waals surface area contributed by atoms with Crippen LogP contribution in [0.25, 0.3) is 0 Å². The van der Waals surface area contributed by atoms with Crippen molar-refractivity contribution >= 4 is 38.8 Å². The molecule has 0 aliphatic heterocycles. The molecule has 1 N–H and O–H groups in total. The zero-order valence-corrected chi connectivity index (χ0v) is 14.1. The Morgan fingerprint density at radius 3 is 2.00 bits per heavy atom. The predicted octanol–water partition coefficient (Wildman–Crippen LogP) is 1.27. The SMILES string of the molecule is CC(O)/C(=C\[Se]c1ccccc1)[Se]c1ccccc1. The molecule has 0 heterocycles. The second-order valence-corrected chi connectivity index (χ2v) is 8.43. The van der Waals surface area contributed by atoms with E-state index < -0.39 is 0 Å². The number of benzene rings is 2. The Labute approximate surface area is 127 Å². The average molecular weight is 382 g/mol. The Balaban J connectivity index is 2.08. The van der Waals surface area contributed by atoms with Gasteiger partial charge in [-0.05, 0) is 0 Å². The zero-order chi connectivity index (χ0) is 13.5. The van der Waals surface area contributed by atoms with Gasteiger partial charge >= 0.3 is 127 Å². The average Bonchev–Trinajstić information content (AvgIpc) is 2.45. The molecule has 1 atom stereocenters. The Morgan fingerprint density at radius 2 is 1.47 bits per heavy atom. The van der Waals surface area contributed by atoms with Gasteiger partial charge in [0.2, 0.25) is 0 Å². The first-order valence-electron chi connectivity index (χ1n) is 6.08. The Bertz CT molecular complexity index is 521. The molecular formula is C16H16OSe2. The molecule has 19 heavy (non-hydrogen) atoms. The van der Waals surface area contributed by atoms with Crippen molar-refractivity contribution in [2.45, 2.75) is 13.0 Å². The molecule has 0 spiro atoms. The molecule has 98 valence electrons. The van der Waals surface area contributed by atoms with Gasteiger partial charge in [-0.2, -0.15) is 0 Å². The molecule has 1 unspecified atom stereocenters. The van der Waals surface area contributed by atoms with Crippen LogP contribution in [0.5, 0.6) is 0 Å².